The number of rotatable bonds is 6. The Morgan fingerprint density at radius 3 is 2.40 bits per heavy atom. The van der Waals surface area contributed by atoms with Gasteiger partial charge in [-0.15, -0.1) is 0 Å². The number of hydrogen-bond acceptors (Lipinski definition) is 4. The van der Waals surface area contributed by atoms with E-state index in [2.05, 4.69) is 5.32 Å². The van der Waals surface area contributed by atoms with E-state index in [0.29, 0.717) is 11.3 Å². The lowest BCUT2D eigenvalue weighted by atomic mass is 10.1. The average Bonchev–Trinajstić information content (AvgIpc) is 2.59. The van der Waals surface area contributed by atoms with Gasteiger partial charge in [0, 0.05) is 29.8 Å². The summed E-state index contributed by atoms with van der Waals surface area (Å²) < 4.78 is 18.3. The summed E-state index contributed by atoms with van der Waals surface area (Å²) in [6, 6.07) is 12.2. The molecule has 0 saturated carbocycles. The summed E-state index contributed by atoms with van der Waals surface area (Å²) in [6.45, 7) is 0.952. The van der Waals surface area contributed by atoms with Crippen molar-refractivity contribution in [2.45, 2.75) is 6.92 Å². The lowest BCUT2D eigenvalue weighted by Gasteiger charge is -2.04. The first kappa shape index (κ1) is 18.1. The number of nitrogens with one attached hydrogen (secondary N) is 1. The lowest BCUT2D eigenvalue weighted by molar-refractivity contribution is -0.136. The lowest BCUT2D eigenvalue weighted by Crippen LogP contribution is -2.13. The second kappa shape index (κ2) is 8.54. The monoisotopic (exact) mass is 341 g/mol. The molecular formula is C19H16FNO4. The van der Waals surface area contributed by atoms with Crippen LogP contribution in [-0.4, -0.2) is 24.3 Å². The Labute approximate surface area is 144 Å². The minimum Gasteiger partial charge on any atom is -0.454 e. The Morgan fingerprint density at radius 2 is 1.76 bits per heavy atom. The Morgan fingerprint density at radius 1 is 1.08 bits per heavy atom. The van der Waals surface area contributed by atoms with Gasteiger partial charge in [0.2, 0.25) is 5.91 Å². The van der Waals surface area contributed by atoms with E-state index in [1.807, 2.05) is 0 Å². The standard InChI is InChI=1S/C19H16FNO4/c1-13(22)21-16-9-6-15(7-10-16)18(23)12-25-19(24)11-8-14-4-2-3-5-17(14)20/h2-11H,12H2,1H3,(H,21,22)/b11-8+. The molecule has 0 unspecified atom stereocenters. The van der Waals surface area contributed by atoms with Gasteiger partial charge < -0.3 is 10.1 Å². The minimum absolute atomic E-state index is 0.213. The molecule has 6 heteroatoms. The highest BCUT2D eigenvalue weighted by molar-refractivity contribution is 5.99. The van der Waals surface area contributed by atoms with Crippen LogP contribution < -0.4 is 5.32 Å². The van der Waals surface area contributed by atoms with Crippen molar-refractivity contribution in [1.82, 2.24) is 0 Å². The molecule has 5 nitrogen and oxygen atoms in total. The van der Waals surface area contributed by atoms with E-state index < -0.39 is 18.4 Å². The third kappa shape index (κ3) is 5.69. The molecule has 0 aromatic heterocycles. The summed E-state index contributed by atoms with van der Waals surface area (Å²) in [5.41, 5.74) is 1.16. The zero-order valence-electron chi connectivity index (χ0n) is 13.5. The largest absolute Gasteiger partial charge is 0.454 e. The number of Topliss-reactive ketones (excluding diaryl/α,β-unsaturated/α-hetero) is 1. The number of hydrogen-bond donors (Lipinski definition) is 1. The Bertz CT molecular complexity index is 812. The van der Waals surface area contributed by atoms with Crippen molar-refractivity contribution in [3.8, 4) is 0 Å². The maximum absolute atomic E-state index is 13.4. The highest BCUT2D eigenvalue weighted by Gasteiger charge is 2.09. The van der Waals surface area contributed by atoms with Crippen LogP contribution in [-0.2, 0) is 14.3 Å². The van der Waals surface area contributed by atoms with Gasteiger partial charge in [-0.2, -0.15) is 0 Å². The maximum Gasteiger partial charge on any atom is 0.331 e. The summed E-state index contributed by atoms with van der Waals surface area (Å²) >= 11 is 0. The average molecular weight is 341 g/mol. The molecule has 0 fully saturated rings. The van der Waals surface area contributed by atoms with Gasteiger partial charge >= 0.3 is 5.97 Å². The molecule has 1 N–H and O–H groups in total. The van der Waals surface area contributed by atoms with Crippen molar-refractivity contribution in [3.63, 3.8) is 0 Å². The zero-order valence-corrected chi connectivity index (χ0v) is 13.5. The molecule has 0 radical (unpaired) electrons. The highest BCUT2D eigenvalue weighted by Crippen LogP contribution is 2.11. The fourth-order valence-electron chi connectivity index (χ4n) is 1.98. The van der Waals surface area contributed by atoms with Crippen molar-refractivity contribution >= 4 is 29.4 Å². The van der Waals surface area contributed by atoms with Gasteiger partial charge in [0.25, 0.3) is 0 Å². The quantitative estimate of drug-likeness (QED) is 0.497. The third-order valence-electron chi connectivity index (χ3n) is 3.18. The van der Waals surface area contributed by atoms with Crippen molar-refractivity contribution in [3.05, 3.63) is 71.6 Å². The van der Waals surface area contributed by atoms with E-state index in [1.165, 1.54) is 37.3 Å². The second-order valence-corrected chi connectivity index (χ2v) is 5.14. The topological polar surface area (TPSA) is 72.5 Å². The first-order valence-electron chi connectivity index (χ1n) is 7.46. The van der Waals surface area contributed by atoms with E-state index >= 15 is 0 Å². The first-order valence-corrected chi connectivity index (χ1v) is 7.46. The number of amides is 1. The van der Waals surface area contributed by atoms with Crippen LogP contribution in [0.1, 0.15) is 22.8 Å². The van der Waals surface area contributed by atoms with Gasteiger partial charge in [-0.3, -0.25) is 9.59 Å². The number of benzene rings is 2. The van der Waals surface area contributed by atoms with Gasteiger partial charge in [0.15, 0.2) is 12.4 Å². The van der Waals surface area contributed by atoms with Crippen molar-refractivity contribution in [2.75, 3.05) is 11.9 Å². The van der Waals surface area contributed by atoms with Crippen molar-refractivity contribution in [1.29, 1.82) is 0 Å². The maximum atomic E-state index is 13.4. The molecule has 0 spiro atoms. The normalized spacial score (nSPS) is 10.5. The van der Waals surface area contributed by atoms with Crippen LogP contribution in [0.2, 0.25) is 0 Å². The van der Waals surface area contributed by atoms with Crippen LogP contribution in [0, 0.1) is 5.82 Å². The molecule has 0 atom stereocenters. The Balaban J connectivity index is 1.88. The Hall–Kier alpha value is -3.28. The summed E-state index contributed by atoms with van der Waals surface area (Å²) in [4.78, 5) is 34.5. The van der Waals surface area contributed by atoms with Gasteiger partial charge in [0.05, 0.1) is 0 Å². The van der Waals surface area contributed by atoms with Crippen LogP contribution in [0.15, 0.2) is 54.6 Å². The number of carbonyl (C=O) groups is 3. The summed E-state index contributed by atoms with van der Waals surface area (Å²) in [7, 11) is 0. The van der Waals surface area contributed by atoms with Crippen LogP contribution in [0.3, 0.4) is 0 Å². The molecule has 0 bridgehead atoms. The molecule has 25 heavy (non-hydrogen) atoms. The van der Waals surface area contributed by atoms with E-state index in [4.69, 9.17) is 4.74 Å². The predicted molar refractivity (Wildman–Crippen MR) is 91.5 cm³/mol. The van der Waals surface area contributed by atoms with Gasteiger partial charge in [-0.25, -0.2) is 9.18 Å². The number of carbonyl (C=O) groups excluding carboxylic acids is 3. The molecule has 2 rings (SSSR count). The molecule has 0 aliphatic heterocycles. The van der Waals surface area contributed by atoms with Gasteiger partial charge in [-0.05, 0) is 36.4 Å². The smallest absolute Gasteiger partial charge is 0.331 e. The molecule has 2 aromatic rings. The fourth-order valence-corrected chi connectivity index (χ4v) is 1.98. The third-order valence-corrected chi connectivity index (χ3v) is 3.18. The number of esters is 1. The molecule has 0 aliphatic rings. The van der Waals surface area contributed by atoms with Gasteiger partial charge in [0.1, 0.15) is 5.82 Å². The van der Waals surface area contributed by atoms with Gasteiger partial charge in [-0.1, -0.05) is 18.2 Å². The molecule has 0 heterocycles. The van der Waals surface area contributed by atoms with E-state index in [0.717, 1.165) is 6.08 Å². The molecular weight excluding hydrogens is 325 g/mol. The number of ketones is 1. The van der Waals surface area contributed by atoms with Crippen molar-refractivity contribution in [2.24, 2.45) is 0 Å². The molecule has 0 saturated heterocycles. The number of anilines is 1. The number of halogens is 1. The fraction of sp³-hybridized carbons (Fsp3) is 0.105. The summed E-state index contributed by atoms with van der Waals surface area (Å²) in [6.07, 6.45) is 2.34. The predicted octanol–water partition coefficient (Wildman–Crippen LogP) is 3.22. The number of ether oxygens (including phenoxy) is 1. The highest BCUT2D eigenvalue weighted by atomic mass is 19.1. The van der Waals surface area contributed by atoms with Crippen LogP contribution in [0.25, 0.3) is 6.08 Å². The zero-order chi connectivity index (χ0) is 18.2. The molecule has 1 amide bonds. The minimum atomic E-state index is -0.744. The molecule has 2 aromatic carbocycles. The van der Waals surface area contributed by atoms with E-state index in [1.54, 1.807) is 24.3 Å². The van der Waals surface area contributed by atoms with Crippen molar-refractivity contribution < 1.29 is 23.5 Å². The van der Waals surface area contributed by atoms with E-state index in [-0.39, 0.29) is 17.3 Å². The first-order chi connectivity index (χ1) is 12.0. The second-order valence-electron chi connectivity index (χ2n) is 5.14. The van der Waals surface area contributed by atoms with E-state index in [9.17, 15) is 18.8 Å². The Kier molecular flexibility index (Phi) is 6.17. The van der Waals surface area contributed by atoms with Crippen LogP contribution in [0.5, 0.6) is 0 Å². The molecule has 128 valence electrons. The van der Waals surface area contributed by atoms with Crippen LogP contribution >= 0.6 is 0 Å². The summed E-state index contributed by atoms with van der Waals surface area (Å²) in [5, 5.41) is 2.58. The summed E-state index contributed by atoms with van der Waals surface area (Å²) in [5.74, 6) is -1.80. The SMILES string of the molecule is CC(=O)Nc1ccc(C(=O)COC(=O)/C=C/c2ccccc2F)cc1. The van der Waals surface area contributed by atoms with Crippen LogP contribution in [0.4, 0.5) is 10.1 Å². The molecule has 0 aliphatic carbocycles.